The number of hydrogen-bond acceptors (Lipinski definition) is 7. The molecule has 0 aliphatic rings. The van der Waals surface area contributed by atoms with Gasteiger partial charge >= 0.3 is 0 Å². The van der Waals surface area contributed by atoms with Gasteiger partial charge in [0.05, 0.1) is 31.9 Å². The largest absolute Gasteiger partial charge is 0.497 e. The molecule has 3 aromatic rings. The van der Waals surface area contributed by atoms with Gasteiger partial charge in [-0.1, -0.05) is 30.3 Å². The topological polar surface area (TPSA) is 114 Å². The molecular formula is C30H37N3O7S. The van der Waals surface area contributed by atoms with Crippen LogP contribution in [0.25, 0.3) is 0 Å². The quantitative estimate of drug-likeness (QED) is 0.325. The Morgan fingerprint density at radius 2 is 1.46 bits per heavy atom. The molecule has 10 nitrogen and oxygen atoms in total. The fraction of sp³-hybridized carbons (Fsp3) is 0.333. The highest BCUT2D eigenvalue weighted by atomic mass is 32.2. The van der Waals surface area contributed by atoms with Crippen molar-refractivity contribution in [3.63, 3.8) is 0 Å². The SMILES string of the molecule is COc1ccc(CN(C(=O)CN(c2ccccc2)S(=O)(=O)c2ccc(OC)c(OC)c2)[C@H](C)C(=O)NC(C)C)cc1. The molecule has 0 unspecified atom stereocenters. The zero-order valence-corrected chi connectivity index (χ0v) is 25.0. The van der Waals surface area contributed by atoms with Gasteiger partial charge in [-0.05, 0) is 62.7 Å². The minimum Gasteiger partial charge on any atom is -0.497 e. The molecule has 0 spiro atoms. The van der Waals surface area contributed by atoms with Crippen LogP contribution in [0.1, 0.15) is 26.3 Å². The van der Waals surface area contributed by atoms with E-state index in [2.05, 4.69) is 5.32 Å². The summed E-state index contributed by atoms with van der Waals surface area (Å²) in [7, 11) is 0.165. The second kappa shape index (κ2) is 13.9. The Morgan fingerprint density at radius 3 is 2.02 bits per heavy atom. The first-order chi connectivity index (χ1) is 19.5. The second-order valence-electron chi connectivity index (χ2n) is 9.57. The Bertz CT molecular complexity index is 1430. The van der Waals surface area contributed by atoms with Gasteiger partial charge in [-0.15, -0.1) is 0 Å². The number of anilines is 1. The van der Waals surface area contributed by atoms with E-state index in [1.165, 1.54) is 37.3 Å². The van der Waals surface area contributed by atoms with Crippen LogP contribution in [0.2, 0.25) is 0 Å². The maximum absolute atomic E-state index is 14.0. The smallest absolute Gasteiger partial charge is 0.264 e. The van der Waals surface area contributed by atoms with Crippen molar-refractivity contribution in [2.24, 2.45) is 0 Å². The maximum atomic E-state index is 14.0. The molecule has 3 rings (SSSR count). The fourth-order valence-electron chi connectivity index (χ4n) is 4.14. The van der Waals surface area contributed by atoms with E-state index in [4.69, 9.17) is 14.2 Å². The zero-order valence-electron chi connectivity index (χ0n) is 24.2. The molecule has 1 N–H and O–H groups in total. The van der Waals surface area contributed by atoms with Gasteiger partial charge in [0.2, 0.25) is 11.8 Å². The summed E-state index contributed by atoms with van der Waals surface area (Å²) in [5.41, 5.74) is 1.04. The first kappa shape index (κ1) is 31.3. The lowest BCUT2D eigenvalue weighted by molar-refractivity contribution is -0.139. The number of sulfonamides is 1. The van der Waals surface area contributed by atoms with Crippen molar-refractivity contribution in [2.75, 3.05) is 32.2 Å². The highest BCUT2D eigenvalue weighted by Gasteiger charge is 2.33. The monoisotopic (exact) mass is 583 g/mol. The van der Waals surface area contributed by atoms with E-state index < -0.39 is 28.5 Å². The molecule has 0 aromatic heterocycles. The maximum Gasteiger partial charge on any atom is 0.264 e. The summed E-state index contributed by atoms with van der Waals surface area (Å²) >= 11 is 0. The summed E-state index contributed by atoms with van der Waals surface area (Å²) in [6, 6.07) is 18.6. The highest BCUT2D eigenvalue weighted by molar-refractivity contribution is 7.92. The molecule has 0 saturated carbocycles. The lowest BCUT2D eigenvalue weighted by atomic mass is 10.1. The summed E-state index contributed by atoms with van der Waals surface area (Å²) < 4.78 is 44.8. The van der Waals surface area contributed by atoms with Crippen molar-refractivity contribution in [2.45, 2.75) is 44.3 Å². The molecule has 1 atom stereocenters. The minimum absolute atomic E-state index is 0.0779. The third kappa shape index (κ3) is 7.69. The summed E-state index contributed by atoms with van der Waals surface area (Å²) in [5.74, 6) is 0.335. The van der Waals surface area contributed by atoms with E-state index in [1.54, 1.807) is 68.6 Å². The number of ether oxygens (including phenoxy) is 3. The van der Waals surface area contributed by atoms with Crippen molar-refractivity contribution in [1.82, 2.24) is 10.2 Å². The van der Waals surface area contributed by atoms with E-state index in [-0.39, 0.29) is 29.1 Å². The normalized spacial score (nSPS) is 11.9. The van der Waals surface area contributed by atoms with Gasteiger partial charge in [0.25, 0.3) is 10.0 Å². The number of amides is 2. The van der Waals surface area contributed by atoms with Crippen LogP contribution >= 0.6 is 0 Å². The lowest BCUT2D eigenvalue weighted by Gasteiger charge is -2.32. The van der Waals surface area contributed by atoms with Crippen LogP contribution in [0.15, 0.2) is 77.7 Å². The number of carbonyl (C=O) groups excluding carboxylic acids is 2. The van der Waals surface area contributed by atoms with Crippen LogP contribution in [0.5, 0.6) is 17.2 Å². The zero-order chi connectivity index (χ0) is 30.2. The third-order valence-corrected chi connectivity index (χ3v) is 8.15. The van der Waals surface area contributed by atoms with Crippen LogP contribution in [-0.4, -0.2) is 65.1 Å². The number of rotatable bonds is 13. The molecule has 2 amide bonds. The van der Waals surface area contributed by atoms with Crippen molar-refractivity contribution < 1.29 is 32.2 Å². The molecule has 0 aliphatic carbocycles. The molecule has 0 bridgehead atoms. The number of methoxy groups -OCH3 is 3. The number of nitrogens with zero attached hydrogens (tertiary/aromatic N) is 2. The van der Waals surface area contributed by atoms with Crippen molar-refractivity contribution in [3.05, 3.63) is 78.4 Å². The molecule has 3 aromatic carbocycles. The first-order valence-corrected chi connectivity index (χ1v) is 14.5. The molecule has 11 heteroatoms. The van der Waals surface area contributed by atoms with Gasteiger partial charge in [0.15, 0.2) is 11.5 Å². The Hall–Kier alpha value is -4.25. The molecule has 0 saturated heterocycles. The van der Waals surface area contributed by atoms with Crippen LogP contribution in [0.4, 0.5) is 5.69 Å². The number of para-hydroxylation sites is 1. The Morgan fingerprint density at radius 1 is 0.829 bits per heavy atom. The summed E-state index contributed by atoms with van der Waals surface area (Å²) in [5, 5.41) is 2.84. The summed E-state index contributed by atoms with van der Waals surface area (Å²) in [4.78, 5) is 28.3. The number of carbonyl (C=O) groups is 2. The molecular weight excluding hydrogens is 546 g/mol. The summed E-state index contributed by atoms with van der Waals surface area (Å²) in [6.45, 7) is 4.81. The Kier molecular flexibility index (Phi) is 10.6. The number of benzene rings is 3. The van der Waals surface area contributed by atoms with Gasteiger partial charge in [0.1, 0.15) is 18.3 Å². The molecule has 0 radical (unpaired) electrons. The molecule has 0 fully saturated rings. The van der Waals surface area contributed by atoms with Gasteiger partial charge < -0.3 is 24.4 Å². The van der Waals surface area contributed by atoms with E-state index >= 15 is 0 Å². The molecule has 220 valence electrons. The first-order valence-electron chi connectivity index (χ1n) is 13.0. The second-order valence-corrected chi connectivity index (χ2v) is 11.4. The van der Waals surface area contributed by atoms with Gasteiger partial charge in [-0.3, -0.25) is 13.9 Å². The van der Waals surface area contributed by atoms with Crippen LogP contribution in [-0.2, 0) is 26.2 Å². The van der Waals surface area contributed by atoms with E-state index in [0.29, 0.717) is 17.2 Å². The number of hydrogen-bond donors (Lipinski definition) is 1. The average Bonchev–Trinajstić information content (AvgIpc) is 2.98. The fourth-order valence-corrected chi connectivity index (χ4v) is 5.57. The van der Waals surface area contributed by atoms with Gasteiger partial charge in [-0.25, -0.2) is 8.42 Å². The minimum atomic E-state index is -4.25. The van der Waals surface area contributed by atoms with Gasteiger partial charge in [-0.2, -0.15) is 0 Å². The molecule has 0 aliphatic heterocycles. The lowest BCUT2D eigenvalue weighted by Crippen LogP contribution is -2.52. The van der Waals surface area contributed by atoms with Crippen LogP contribution in [0.3, 0.4) is 0 Å². The van der Waals surface area contributed by atoms with Crippen molar-refractivity contribution >= 4 is 27.5 Å². The van der Waals surface area contributed by atoms with Crippen molar-refractivity contribution in [1.29, 1.82) is 0 Å². The van der Waals surface area contributed by atoms with Crippen LogP contribution < -0.4 is 23.8 Å². The van der Waals surface area contributed by atoms with Gasteiger partial charge in [0, 0.05) is 18.7 Å². The average molecular weight is 584 g/mol. The molecule has 41 heavy (non-hydrogen) atoms. The predicted octanol–water partition coefficient (Wildman–Crippen LogP) is 3.85. The third-order valence-electron chi connectivity index (χ3n) is 6.38. The van der Waals surface area contributed by atoms with Crippen LogP contribution in [0, 0.1) is 0 Å². The predicted molar refractivity (Wildman–Crippen MR) is 157 cm³/mol. The molecule has 0 heterocycles. The van der Waals surface area contributed by atoms with E-state index in [9.17, 15) is 18.0 Å². The van der Waals surface area contributed by atoms with Crippen molar-refractivity contribution in [3.8, 4) is 17.2 Å². The standard InChI is InChI=1S/C30H37N3O7S/c1-21(2)31-30(35)22(3)32(19-23-12-14-25(38-4)15-13-23)29(34)20-33(24-10-8-7-9-11-24)41(36,37)26-16-17-27(39-5)28(18-26)40-6/h7-18,21-22H,19-20H2,1-6H3,(H,31,35)/t22-/m1/s1. The van der Waals surface area contributed by atoms with E-state index in [1.807, 2.05) is 13.8 Å². The summed E-state index contributed by atoms with van der Waals surface area (Å²) in [6.07, 6.45) is 0. The Labute approximate surface area is 241 Å². The Balaban J connectivity index is 2.03. The highest BCUT2D eigenvalue weighted by Crippen LogP contribution is 2.32. The van der Waals surface area contributed by atoms with E-state index in [0.717, 1.165) is 9.87 Å². The number of nitrogens with one attached hydrogen (secondary N) is 1.